The lowest BCUT2D eigenvalue weighted by molar-refractivity contribution is -0.158. The van der Waals surface area contributed by atoms with Crippen LogP contribution in [0.25, 0.3) is 0 Å². The van der Waals surface area contributed by atoms with Gasteiger partial charge in [0.2, 0.25) is 5.91 Å². The number of aliphatic carboxylic acids is 1. The number of hydrogen-bond donors (Lipinski definition) is 4. The number of likely N-dealkylation sites (tertiary alicyclic amines) is 1. The third-order valence-corrected chi connectivity index (χ3v) is 4.31. The molecule has 0 radical (unpaired) electrons. The summed E-state index contributed by atoms with van der Waals surface area (Å²) in [6.45, 7) is 0.714. The van der Waals surface area contributed by atoms with Gasteiger partial charge in [0.1, 0.15) is 5.54 Å². The summed E-state index contributed by atoms with van der Waals surface area (Å²) in [4.78, 5) is 24.7. The highest BCUT2D eigenvalue weighted by Crippen LogP contribution is 2.33. The SMILES string of the molecule is CC(CC(F)(F)F)C(=O)N1C[C@H](CCCB(O)O)[C@](N)(C(=O)O)C1. The second-order valence-electron chi connectivity index (χ2n) is 6.39. The Morgan fingerprint density at radius 3 is 2.46 bits per heavy atom. The van der Waals surface area contributed by atoms with Crippen molar-refractivity contribution in [2.24, 2.45) is 17.6 Å². The van der Waals surface area contributed by atoms with Crippen molar-refractivity contribution in [2.45, 2.75) is 44.2 Å². The third kappa shape index (κ3) is 5.35. The molecule has 0 aromatic heterocycles. The molecule has 7 nitrogen and oxygen atoms in total. The summed E-state index contributed by atoms with van der Waals surface area (Å²) in [7, 11) is -1.53. The van der Waals surface area contributed by atoms with Crippen molar-refractivity contribution >= 4 is 19.0 Å². The molecule has 0 saturated carbocycles. The van der Waals surface area contributed by atoms with Gasteiger partial charge in [-0.2, -0.15) is 13.2 Å². The number of nitrogens with zero attached hydrogens (tertiary/aromatic N) is 1. The van der Waals surface area contributed by atoms with E-state index in [0.29, 0.717) is 0 Å². The zero-order chi connectivity index (χ0) is 18.7. The zero-order valence-corrected chi connectivity index (χ0v) is 13.3. The summed E-state index contributed by atoms with van der Waals surface area (Å²) in [5.41, 5.74) is 4.12. The van der Waals surface area contributed by atoms with E-state index in [-0.39, 0.29) is 32.3 Å². The van der Waals surface area contributed by atoms with Crippen LogP contribution in [0.5, 0.6) is 0 Å². The van der Waals surface area contributed by atoms with Crippen molar-refractivity contribution in [3.63, 3.8) is 0 Å². The molecule has 138 valence electrons. The maximum absolute atomic E-state index is 12.4. The van der Waals surface area contributed by atoms with E-state index in [2.05, 4.69) is 0 Å². The Morgan fingerprint density at radius 1 is 1.42 bits per heavy atom. The summed E-state index contributed by atoms with van der Waals surface area (Å²) in [6.07, 6.45) is -5.26. The normalized spacial score (nSPS) is 25.6. The molecule has 0 aromatic carbocycles. The van der Waals surface area contributed by atoms with Crippen LogP contribution >= 0.6 is 0 Å². The number of carbonyl (C=O) groups is 2. The average molecular weight is 354 g/mol. The number of carboxylic acid groups (broad SMARTS) is 1. The minimum Gasteiger partial charge on any atom is -0.480 e. The van der Waals surface area contributed by atoms with E-state index in [1.807, 2.05) is 0 Å². The largest absolute Gasteiger partial charge is 0.480 e. The molecule has 1 aliphatic rings. The third-order valence-electron chi connectivity index (χ3n) is 4.31. The van der Waals surface area contributed by atoms with Crippen LogP contribution in [-0.4, -0.2) is 63.9 Å². The van der Waals surface area contributed by atoms with Crippen LogP contribution in [-0.2, 0) is 9.59 Å². The molecular formula is C13H22BF3N2O5. The number of amides is 1. The second kappa shape index (κ2) is 7.71. The molecule has 0 bridgehead atoms. The minimum absolute atomic E-state index is 0.0185. The molecule has 11 heteroatoms. The van der Waals surface area contributed by atoms with E-state index in [1.165, 1.54) is 0 Å². The molecule has 1 rings (SSSR count). The van der Waals surface area contributed by atoms with E-state index in [9.17, 15) is 27.9 Å². The Hall–Kier alpha value is -1.33. The smallest absolute Gasteiger partial charge is 0.451 e. The van der Waals surface area contributed by atoms with E-state index in [0.717, 1.165) is 11.8 Å². The fourth-order valence-corrected chi connectivity index (χ4v) is 2.99. The highest BCUT2D eigenvalue weighted by molar-refractivity contribution is 6.40. The zero-order valence-electron chi connectivity index (χ0n) is 13.3. The quantitative estimate of drug-likeness (QED) is 0.480. The highest BCUT2D eigenvalue weighted by atomic mass is 19.4. The lowest BCUT2D eigenvalue weighted by Gasteiger charge is -2.25. The first-order chi connectivity index (χ1) is 10.9. The van der Waals surface area contributed by atoms with Gasteiger partial charge in [-0.3, -0.25) is 9.59 Å². The van der Waals surface area contributed by atoms with Crippen LogP contribution in [0.3, 0.4) is 0 Å². The minimum atomic E-state index is -4.49. The van der Waals surface area contributed by atoms with Crippen LogP contribution in [0.2, 0.25) is 6.32 Å². The lowest BCUT2D eigenvalue weighted by Crippen LogP contribution is -2.55. The molecule has 24 heavy (non-hydrogen) atoms. The molecule has 5 N–H and O–H groups in total. The summed E-state index contributed by atoms with van der Waals surface area (Å²) < 4.78 is 37.2. The van der Waals surface area contributed by atoms with Gasteiger partial charge in [0, 0.05) is 24.9 Å². The number of halogens is 3. The van der Waals surface area contributed by atoms with Crippen LogP contribution in [0, 0.1) is 11.8 Å². The van der Waals surface area contributed by atoms with Gasteiger partial charge in [0.25, 0.3) is 0 Å². The van der Waals surface area contributed by atoms with Crippen LogP contribution in [0.15, 0.2) is 0 Å². The van der Waals surface area contributed by atoms with Gasteiger partial charge in [-0.05, 0) is 12.7 Å². The Kier molecular flexibility index (Phi) is 6.65. The number of alkyl halides is 3. The second-order valence-corrected chi connectivity index (χ2v) is 6.39. The first-order valence-electron chi connectivity index (χ1n) is 7.60. The molecule has 1 fully saturated rings. The molecule has 0 aliphatic carbocycles. The van der Waals surface area contributed by atoms with E-state index in [4.69, 9.17) is 15.8 Å². The Balaban J connectivity index is 2.78. The number of hydrogen-bond acceptors (Lipinski definition) is 5. The van der Waals surface area contributed by atoms with Crippen molar-refractivity contribution < 1.29 is 37.9 Å². The molecular weight excluding hydrogens is 332 g/mol. The topological polar surface area (TPSA) is 124 Å². The van der Waals surface area contributed by atoms with E-state index < -0.39 is 49.0 Å². The Morgan fingerprint density at radius 2 is 2.00 bits per heavy atom. The average Bonchev–Trinajstić information content (AvgIpc) is 2.74. The fraction of sp³-hybridized carbons (Fsp3) is 0.846. The number of carboxylic acids is 1. The van der Waals surface area contributed by atoms with Crippen molar-refractivity contribution in [1.82, 2.24) is 4.90 Å². The van der Waals surface area contributed by atoms with Gasteiger partial charge >= 0.3 is 19.3 Å². The highest BCUT2D eigenvalue weighted by Gasteiger charge is 2.51. The fourth-order valence-electron chi connectivity index (χ4n) is 2.99. The van der Waals surface area contributed by atoms with Gasteiger partial charge in [-0.25, -0.2) is 0 Å². The van der Waals surface area contributed by atoms with Gasteiger partial charge in [0.15, 0.2) is 0 Å². The Labute approximate surface area is 137 Å². The molecule has 1 saturated heterocycles. The number of rotatable bonds is 7. The standard InChI is InChI=1S/C13H22BF3N2O5/c1-8(5-13(15,16)17)10(20)19-6-9(3-2-4-14(23)24)12(18,7-19)11(21)22/h8-9,23-24H,2-7,18H2,1H3,(H,21,22)/t8?,9-,12-/m0/s1. The molecule has 1 unspecified atom stereocenters. The van der Waals surface area contributed by atoms with Crippen molar-refractivity contribution in [1.29, 1.82) is 0 Å². The predicted octanol–water partition coefficient (Wildman–Crippen LogP) is 0.0684. The lowest BCUT2D eigenvalue weighted by atomic mass is 9.78. The van der Waals surface area contributed by atoms with Crippen molar-refractivity contribution in [3.05, 3.63) is 0 Å². The first kappa shape index (κ1) is 20.7. The van der Waals surface area contributed by atoms with Crippen molar-refractivity contribution in [3.8, 4) is 0 Å². The maximum Gasteiger partial charge on any atom is 0.451 e. The molecule has 1 aliphatic heterocycles. The van der Waals surface area contributed by atoms with Gasteiger partial charge in [0.05, 0.1) is 6.42 Å². The maximum atomic E-state index is 12.4. The summed E-state index contributed by atoms with van der Waals surface area (Å²) >= 11 is 0. The monoisotopic (exact) mass is 354 g/mol. The summed E-state index contributed by atoms with van der Waals surface area (Å²) in [6, 6.07) is 0. The Bertz CT molecular complexity index is 477. The van der Waals surface area contributed by atoms with Gasteiger partial charge in [-0.15, -0.1) is 0 Å². The van der Waals surface area contributed by atoms with E-state index in [1.54, 1.807) is 0 Å². The summed E-state index contributed by atoms with van der Waals surface area (Å²) in [5, 5.41) is 27.0. The molecule has 0 spiro atoms. The van der Waals surface area contributed by atoms with Crippen LogP contribution in [0.4, 0.5) is 13.2 Å². The molecule has 1 amide bonds. The molecule has 1 heterocycles. The number of nitrogens with two attached hydrogens (primary N) is 1. The van der Waals surface area contributed by atoms with Gasteiger partial charge < -0.3 is 25.8 Å². The van der Waals surface area contributed by atoms with E-state index >= 15 is 0 Å². The predicted molar refractivity (Wildman–Crippen MR) is 78.7 cm³/mol. The summed E-state index contributed by atoms with van der Waals surface area (Å²) in [5.74, 6) is -4.11. The molecule has 3 atom stereocenters. The van der Waals surface area contributed by atoms with Crippen LogP contribution in [0.1, 0.15) is 26.2 Å². The van der Waals surface area contributed by atoms with Crippen molar-refractivity contribution in [2.75, 3.05) is 13.1 Å². The van der Waals surface area contributed by atoms with Crippen LogP contribution < -0.4 is 5.73 Å². The van der Waals surface area contributed by atoms with Gasteiger partial charge in [-0.1, -0.05) is 13.3 Å². The number of carbonyl (C=O) groups excluding carboxylic acids is 1. The molecule has 0 aromatic rings. The first-order valence-corrected chi connectivity index (χ1v) is 7.60.